The van der Waals surface area contributed by atoms with Gasteiger partial charge in [-0.25, -0.2) is 9.59 Å². The maximum atomic E-state index is 12.0. The molecule has 0 N–H and O–H groups in total. The summed E-state index contributed by atoms with van der Waals surface area (Å²) in [6.07, 6.45) is 1.68. The van der Waals surface area contributed by atoms with Crippen LogP contribution in [0.25, 0.3) is 11.1 Å². The van der Waals surface area contributed by atoms with Gasteiger partial charge in [-0.3, -0.25) is 4.79 Å². The molecule has 2 aromatic rings. The fourth-order valence-electron chi connectivity index (χ4n) is 3.26. The van der Waals surface area contributed by atoms with Crippen LogP contribution >= 0.6 is 0 Å². The van der Waals surface area contributed by atoms with E-state index in [1.54, 1.807) is 13.8 Å². The standard InChI is InChI=1S/C30H36O6/c1-20(2)27(31)18-23-9-11-24(12-10-23)26-14-13-25(8-7-15-35-29(32)21(3)4)28(19-26)34-16-17-36-30(33)22(5)6/h9-14,19-20H,3,5,7-8,15-18H2,1-2,4,6H3. The normalized spacial score (nSPS) is 10.6. The molecule has 0 radical (unpaired) electrons. The number of esters is 2. The quantitative estimate of drug-likeness (QED) is 0.192. The topological polar surface area (TPSA) is 78.9 Å². The average Bonchev–Trinajstić information content (AvgIpc) is 2.84. The van der Waals surface area contributed by atoms with Crippen molar-refractivity contribution in [1.29, 1.82) is 0 Å². The molecule has 2 rings (SSSR count). The molecule has 36 heavy (non-hydrogen) atoms. The minimum absolute atomic E-state index is 0.0101. The van der Waals surface area contributed by atoms with Gasteiger partial charge >= 0.3 is 11.9 Å². The third kappa shape index (κ3) is 9.17. The summed E-state index contributed by atoms with van der Waals surface area (Å²) in [5, 5.41) is 0. The molecule has 6 nitrogen and oxygen atoms in total. The van der Waals surface area contributed by atoms with Crippen molar-refractivity contribution in [3.8, 4) is 16.9 Å². The third-order valence-corrected chi connectivity index (χ3v) is 5.47. The van der Waals surface area contributed by atoms with Crippen LogP contribution in [-0.4, -0.2) is 37.5 Å². The zero-order chi connectivity index (χ0) is 26.7. The number of ketones is 1. The molecule has 0 fully saturated rings. The first kappa shape index (κ1) is 28.6. The second-order valence-corrected chi connectivity index (χ2v) is 9.10. The molecule has 6 heteroatoms. The number of Topliss-reactive ketones (excluding diaryl/α,β-unsaturated/α-hetero) is 1. The fraction of sp³-hybridized carbons (Fsp3) is 0.367. The summed E-state index contributed by atoms with van der Waals surface area (Å²) in [4.78, 5) is 35.3. The van der Waals surface area contributed by atoms with Crippen LogP contribution in [0.3, 0.4) is 0 Å². The highest BCUT2D eigenvalue weighted by molar-refractivity contribution is 5.87. The molecule has 0 atom stereocenters. The van der Waals surface area contributed by atoms with E-state index in [2.05, 4.69) is 13.2 Å². The van der Waals surface area contributed by atoms with E-state index in [0.29, 0.717) is 36.2 Å². The Morgan fingerprint density at radius 2 is 1.39 bits per heavy atom. The molecule has 0 amide bonds. The lowest BCUT2D eigenvalue weighted by atomic mass is 9.97. The zero-order valence-corrected chi connectivity index (χ0v) is 21.7. The number of ether oxygens (including phenoxy) is 3. The van der Waals surface area contributed by atoms with Crippen LogP contribution in [0.2, 0.25) is 0 Å². The summed E-state index contributed by atoms with van der Waals surface area (Å²) in [6, 6.07) is 13.9. The first-order chi connectivity index (χ1) is 17.1. The summed E-state index contributed by atoms with van der Waals surface area (Å²) in [6.45, 7) is 14.7. The van der Waals surface area contributed by atoms with Gasteiger partial charge in [-0.1, -0.05) is 63.4 Å². The Bertz CT molecular complexity index is 1090. The maximum absolute atomic E-state index is 12.0. The van der Waals surface area contributed by atoms with Gasteiger partial charge in [0.15, 0.2) is 0 Å². The largest absolute Gasteiger partial charge is 0.490 e. The Morgan fingerprint density at radius 1 is 0.806 bits per heavy atom. The Morgan fingerprint density at radius 3 is 1.97 bits per heavy atom. The number of hydrogen-bond donors (Lipinski definition) is 0. The van der Waals surface area contributed by atoms with Crippen molar-refractivity contribution in [1.82, 2.24) is 0 Å². The second-order valence-electron chi connectivity index (χ2n) is 9.10. The summed E-state index contributed by atoms with van der Waals surface area (Å²) in [7, 11) is 0. The van der Waals surface area contributed by atoms with Crippen LogP contribution < -0.4 is 4.74 Å². The van der Waals surface area contributed by atoms with Crippen molar-refractivity contribution in [3.05, 3.63) is 77.9 Å². The molecule has 0 aromatic heterocycles. The van der Waals surface area contributed by atoms with Crippen LogP contribution in [-0.2, 0) is 36.7 Å². The minimum Gasteiger partial charge on any atom is -0.490 e. The van der Waals surface area contributed by atoms with E-state index in [4.69, 9.17) is 14.2 Å². The monoisotopic (exact) mass is 492 g/mol. The number of benzene rings is 2. The second kappa shape index (κ2) is 14.0. The Kier molecular flexibility index (Phi) is 11.1. The predicted octanol–water partition coefficient (Wildman–Crippen LogP) is 5.67. The molecule has 0 aliphatic carbocycles. The van der Waals surface area contributed by atoms with E-state index in [0.717, 1.165) is 22.3 Å². The van der Waals surface area contributed by atoms with E-state index in [9.17, 15) is 14.4 Å². The van der Waals surface area contributed by atoms with E-state index >= 15 is 0 Å². The molecule has 0 aliphatic heterocycles. The zero-order valence-electron chi connectivity index (χ0n) is 21.7. The molecule has 192 valence electrons. The lowest BCUT2D eigenvalue weighted by Gasteiger charge is -2.14. The summed E-state index contributed by atoms with van der Waals surface area (Å²) < 4.78 is 16.3. The summed E-state index contributed by atoms with van der Waals surface area (Å²) >= 11 is 0. The van der Waals surface area contributed by atoms with Crippen molar-refractivity contribution in [3.63, 3.8) is 0 Å². The highest BCUT2D eigenvalue weighted by Gasteiger charge is 2.11. The molecule has 0 heterocycles. The maximum Gasteiger partial charge on any atom is 0.333 e. The van der Waals surface area contributed by atoms with Crippen molar-refractivity contribution < 1.29 is 28.6 Å². The molecule has 2 aromatic carbocycles. The molecule has 0 spiro atoms. The number of carbonyl (C=O) groups excluding carboxylic acids is 3. The van der Waals surface area contributed by atoms with Crippen molar-refractivity contribution in [2.45, 2.75) is 47.0 Å². The van der Waals surface area contributed by atoms with Crippen molar-refractivity contribution in [2.24, 2.45) is 5.92 Å². The predicted molar refractivity (Wildman–Crippen MR) is 141 cm³/mol. The van der Waals surface area contributed by atoms with E-state index < -0.39 is 11.9 Å². The Labute approximate surface area is 214 Å². The molecule has 0 aliphatic rings. The van der Waals surface area contributed by atoms with Crippen LogP contribution in [0, 0.1) is 5.92 Å². The number of aryl methyl sites for hydroxylation is 1. The van der Waals surface area contributed by atoms with Crippen molar-refractivity contribution >= 4 is 17.7 Å². The molecule has 0 bridgehead atoms. The lowest BCUT2D eigenvalue weighted by Crippen LogP contribution is -2.13. The number of rotatable bonds is 14. The molecular weight excluding hydrogens is 456 g/mol. The van der Waals surface area contributed by atoms with Crippen LogP contribution in [0.15, 0.2) is 66.8 Å². The van der Waals surface area contributed by atoms with Crippen molar-refractivity contribution in [2.75, 3.05) is 19.8 Å². The number of hydrogen-bond acceptors (Lipinski definition) is 6. The third-order valence-electron chi connectivity index (χ3n) is 5.47. The molecule has 0 saturated heterocycles. The molecule has 0 saturated carbocycles. The van der Waals surface area contributed by atoms with E-state index in [1.165, 1.54) is 0 Å². The van der Waals surface area contributed by atoms with Gasteiger partial charge in [-0.2, -0.15) is 0 Å². The Balaban J connectivity index is 2.13. The van der Waals surface area contributed by atoms with Crippen LogP contribution in [0.5, 0.6) is 5.75 Å². The van der Waals surface area contributed by atoms with Gasteiger partial charge in [0.2, 0.25) is 0 Å². The minimum atomic E-state index is -0.456. The van der Waals surface area contributed by atoms with E-state index in [1.807, 2.05) is 56.3 Å². The smallest absolute Gasteiger partial charge is 0.333 e. The van der Waals surface area contributed by atoms with E-state index in [-0.39, 0.29) is 31.5 Å². The SMILES string of the molecule is C=C(C)C(=O)OCCCc1ccc(-c2ccc(CC(=O)C(C)C)cc2)cc1OCCOC(=O)C(=C)C. The lowest BCUT2D eigenvalue weighted by molar-refractivity contribution is -0.140. The van der Waals surface area contributed by atoms with Gasteiger partial charge < -0.3 is 14.2 Å². The first-order valence-electron chi connectivity index (χ1n) is 12.1. The summed E-state index contributed by atoms with van der Waals surface area (Å²) in [5.74, 6) is 0.0340. The van der Waals surface area contributed by atoms with Gasteiger partial charge in [0, 0.05) is 23.5 Å². The van der Waals surface area contributed by atoms with Crippen LogP contribution in [0.4, 0.5) is 0 Å². The highest BCUT2D eigenvalue weighted by atomic mass is 16.6. The van der Waals surface area contributed by atoms with Crippen LogP contribution in [0.1, 0.15) is 45.2 Å². The highest BCUT2D eigenvalue weighted by Crippen LogP contribution is 2.29. The van der Waals surface area contributed by atoms with Gasteiger partial charge in [0.1, 0.15) is 24.7 Å². The average molecular weight is 493 g/mol. The number of carbonyl (C=O) groups is 3. The molecular formula is C30H36O6. The van der Waals surface area contributed by atoms with Gasteiger partial charge in [0.05, 0.1) is 6.61 Å². The van der Waals surface area contributed by atoms with Gasteiger partial charge in [0.25, 0.3) is 0 Å². The fourth-order valence-corrected chi connectivity index (χ4v) is 3.26. The van der Waals surface area contributed by atoms with Gasteiger partial charge in [-0.05, 0) is 55.0 Å². The Hall–Kier alpha value is -3.67. The first-order valence-corrected chi connectivity index (χ1v) is 12.1. The summed E-state index contributed by atoms with van der Waals surface area (Å²) in [5.41, 5.74) is 4.59. The molecule has 0 unspecified atom stereocenters. The van der Waals surface area contributed by atoms with Gasteiger partial charge in [-0.15, -0.1) is 0 Å².